The zero-order chi connectivity index (χ0) is 7.49. The first-order valence-corrected chi connectivity index (χ1v) is 3.75. The Labute approximate surface area is 59.7 Å². The molecule has 0 nitrogen and oxygen atoms in total. The van der Waals surface area contributed by atoms with Gasteiger partial charge in [-0.1, -0.05) is 41.0 Å². The van der Waals surface area contributed by atoms with Gasteiger partial charge in [-0.2, -0.15) is 0 Å². The smallest absolute Gasteiger partial charge is 0.0383 e. The molecule has 1 atom stereocenters. The predicted octanol–water partition coefficient (Wildman–Crippen LogP) is 3.28. The van der Waals surface area contributed by atoms with Gasteiger partial charge in [0.05, 0.1) is 0 Å². The van der Waals surface area contributed by atoms with Gasteiger partial charge in [0.1, 0.15) is 0 Å². The molecule has 0 aliphatic carbocycles. The van der Waals surface area contributed by atoms with Gasteiger partial charge in [-0.25, -0.2) is 0 Å². The van der Waals surface area contributed by atoms with Gasteiger partial charge in [-0.15, -0.1) is 0 Å². The Balaban J connectivity index is 3.28. The van der Waals surface area contributed by atoms with Crippen molar-refractivity contribution in [1.29, 1.82) is 0 Å². The van der Waals surface area contributed by atoms with Crippen LogP contribution in [0, 0.1) is 18.3 Å². The molecule has 0 aliphatic rings. The molecule has 0 bridgehead atoms. The van der Waals surface area contributed by atoms with Crippen LogP contribution in [-0.4, -0.2) is 0 Å². The van der Waals surface area contributed by atoms with Gasteiger partial charge in [0.15, 0.2) is 0 Å². The number of rotatable bonds is 2. The van der Waals surface area contributed by atoms with Crippen LogP contribution in [0.4, 0.5) is 0 Å². The van der Waals surface area contributed by atoms with Crippen LogP contribution in [0.3, 0.4) is 0 Å². The highest BCUT2D eigenvalue weighted by Crippen LogP contribution is 2.22. The lowest BCUT2D eigenvalue weighted by atomic mass is 9.88. The molecule has 0 N–H and O–H groups in total. The van der Waals surface area contributed by atoms with E-state index in [4.69, 9.17) is 0 Å². The maximum atomic E-state index is 3.94. The molecule has 0 rings (SSSR count). The highest BCUT2D eigenvalue weighted by molar-refractivity contribution is 4.64. The maximum Gasteiger partial charge on any atom is -0.0383 e. The lowest BCUT2D eigenvalue weighted by Gasteiger charge is -2.18. The second kappa shape index (κ2) is 3.24. The normalized spacial score (nSPS) is 12.7. The van der Waals surface area contributed by atoms with Crippen LogP contribution in [0.5, 0.6) is 0 Å². The van der Waals surface area contributed by atoms with E-state index in [1.807, 2.05) is 0 Å². The summed E-state index contributed by atoms with van der Waals surface area (Å²) in [6.45, 7) is 12.9. The zero-order valence-electron chi connectivity index (χ0n) is 7.20. The lowest BCUT2D eigenvalue weighted by molar-refractivity contribution is 0.346. The van der Waals surface area contributed by atoms with Crippen LogP contribution in [0.1, 0.15) is 40.5 Å². The molecule has 9 heavy (non-hydrogen) atoms. The molecule has 0 spiro atoms. The van der Waals surface area contributed by atoms with Gasteiger partial charge < -0.3 is 0 Å². The minimum Gasteiger partial charge on any atom is -0.0625 e. The number of hydrogen-bond acceptors (Lipinski definition) is 0. The zero-order valence-corrected chi connectivity index (χ0v) is 7.20. The largest absolute Gasteiger partial charge is 0.0625 e. The first kappa shape index (κ1) is 9.00. The molecule has 1 unspecified atom stereocenters. The van der Waals surface area contributed by atoms with Crippen LogP contribution in [-0.2, 0) is 0 Å². The van der Waals surface area contributed by atoms with E-state index < -0.39 is 0 Å². The minimum absolute atomic E-state index is 0.492. The number of hydrogen-bond donors (Lipinski definition) is 0. The third-order valence-electron chi connectivity index (χ3n) is 1.39. The highest BCUT2D eigenvalue weighted by atomic mass is 14.2. The van der Waals surface area contributed by atoms with Gasteiger partial charge in [-0.05, 0) is 17.8 Å². The summed E-state index contributed by atoms with van der Waals surface area (Å²) in [6, 6.07) is 0. The molecule has 0 saturated heterocycles. The Bertz CT molecular complexity index is 64.6. The topological polar surface area (TPSA) is 0 Å². The van der Waals surface area contributed by atoms with Crippen molar-refractivity contribution in [2.75, 3.05) is 0 Å². The summed E-state index contributed by atoms with van der Waals surface area (Å²) in [5.41, 5.74) is 0.492. The lowest BCUT2D eigenvalue weighted by Crippen LogP contribution is -2.06. The molecule has 1 radical (unpaired) electrons. The molecule has 0 heterocycles. The van der Waals surface area contributed by atoms with Gasteiger partial charge in [0.25, 0.3) is 0 Å². The van der Waals surface area contributed by atoms with E-state index in [2.05, 4.69) is 34.6 Å². The fourth-order valence-electron chi connectivity index (χ4n) is 0.679. The van der Waals surface area contributed by atoms with E-state index in [0.29, 0.717) is 11.3 Å². The predicted molar refractivity (Wildman–Crippen MR) is 43.2 cm³/mol. The first-order chi connectivity index (χ1) is 3.92. The summed E-state index contributed by atoms with van der Waals surface area (Å²) >= 11 is 0. The van der Waals surface area contributed by atoms with E-state index in [0.717, 1.165) is 0 Å². The van der Waals surface area contributed by atoms with E-state index in [1.165, 1.54) is 12.8 Å². The Morgan fingerprint density at radius 1 is 1.33 bits per heavy atom. The summed E-state index contributed by atoms with van der Waals surface area (Å²) in [6.07, 6.45) is 2.54. The van der Waals surface area contributed by atoms with Crippen molar-refractivity contribution in [2.24, 2.45) is 11.3 Å². The fraction of sp³-hybridized carbons (Fsp3) is 0.889. The summed E-state index contributed by atoms with van der Waals surface area (Å²) in [5, 5.41) is 0. The monoisotopic (exact) mass is 127 g/mol. The molecule has 0 heteroatoms. The molecule has 0 aromatic rings. The summed E-state index contributed by atoms with van der Waals surface area (Å²) in [7, 11) is 0. The molecule has 55 valence electrons. The van der Waals surface area contributed by atoms with Crippen molar-refractivity contribution in [3.63, 3.8) is 0 Å². The third kappa shape index (κ3) is 8.00. The second-order valence-corrected chi connectivity index (χ2v) is 4.20. The molecule has 0 fully saturated rings. The Morgan fingerprint density at radius 3 is 1.89 bits per heavy atom. The van der Waals surface area contributed by atoms with E-state index in [-0.39, 0.29) is 0 Å². The fourth-order valence-corrected chi connectivity index (χ4v) is 0.679. The standard InChI is InChI=1S/C9H19/c1-8(2)6-7-9(3,4)5/h8H,1,6-7H2,2-5H3. The van der Waals surface area contributed by atoms with Crippen LogP contribution >= 0.6 is 0 Å². The van der Waals surface area contributed by atoms with Gasteiger partial charge in [0.2, 0.25) is 0 Å². The van der Waals surface area contributed by atoms with Crippen LogP contribution in [0.2, 0.25) is 0 Å². The average molecular weight is 127 g/mol. The van der Waals surface area contributed by atoms with Gasteiger partial charge in [-0.3, -0.25) is 0 Å². The molecule has 0 amide bonds. The van der Waals surface area contributed by atoms with Crippen molar-refractivity contribution >= 4 is 0 Å². The average Bonchev–Trinajstić information content (AvgIpc) is 1.59. The van der Waals surface area contributed by atoms with E-state index in [1.54, 1.807) is 0 Å². The molecule has 0 aromatic heterocycles. The van der Waals surface area contributed by atoms with Crippen molar-refractivity contribution in [3.05, 3.63) is 6.92 Å². The summed E-state index contributed by atoms with van der Waals surface area (Å²) < 4.78 is 0. The Kier molecular flexibility index (Phi) is 3.24. The van der Waals surface area contributed by atoms with Crippen molar-refractivity contribution < 1.29 is 0 Å². The maximum absolute atomic E-state index is 3.94. The quantitative estimate of drug-likeness (QED) is 0.534. The van der Waals surface area contributed by atoms with Crippen LogP contribution in [0.15, 0.2) is 0 Å². The van der Waals surface area contributed by atoms with Crippen molar-refractivity contribution in [3.8, 4) is 0 Å². The third-order valence-corrected chi connectivity index (χ3v) is 1.39. The summed E-state index contributed by atoms with van der Waals surface area (Å²) in [5.74, 6) is 0.615. The minimum atomic E-state index is 0.492. The van der Waals surface area contributed by atoms with Gasteiger partial charge in [0, 0.05) is 0 Å². The van der Waals surface area contributed by atoms with Gasteiger partial charge >= 0.3 is 0 Å². The Hall–Kier alpha value is 0. The van der Waals surface area contributed by atoms with Crippen LogP contribution in [0.25, 0.3) is 0 Å². The SMILES string of the molecule is [CH2]C(C)CCC(C)(C)C. The van der Waals surface area contributed by atoms with Crippen LogP contribution < -0.4 is 0 Å². The van der Waals surface area contributed by atoms with E-state index >= 15 is 0 Å². The molecule has 0 saturated carbocycles. The molecular formula is C9H19. The second-order valence-electron chi connectivity index (χ2n) is 4.20. The first-order valence-electron chi connectivity index (χ1n) is 3.75. The molecule has 0 aliphatic heterocycles. The van der Waals surface area contributed by atoms with Crippen molar-refractivity contribution in [1.82, 2.24) is 0 Å². The van der Waals surface area contributed by atoms with Crippen molar-refractivity contribution in [2.45, 2.75) is 40.5 Å². The molecule has 0 aromatic carbocycles. The van der Waals surface area contributed by atoms with E-state index in [9.17, 15) is 0 Å². The molecular weight excluding hydrogens is 108 g/mol. The highest BCUT2D eigenvalue weighted by Gasteiger charge is 2.09. The summed E-state index contributed by atoms with van der Waals surface area (Å²) in [4.78, 5) is 0. The Morgan fingerprint density at radius 2 is 1.78 bits per heavy atom.